The Morgan fingerprint density at radius 1 is 1.54 bits per heavy atom. The maximum atomic E-state index is 10.6. The Balaban J connectivity index is 2.91. The average molecular weight is 176 g/mol. The molecule has 0 saturated carbocycles. The van der Waals surface area contributed by atoms with Crippen molar-refractivity contribution in [3.8, 4) is 0 Å². The summed E-state index contributed by atoms with van der Waals surface area (Å²) in [6.07, 6.45) is 0.737. The molecule has 2 heteroatoms. The Morgan fingerprint density at radius 2 is 2.23 bits per heavy atom. The summed E-state index contributed by atoms with van der Waals surface area (Å²) in [4.78, 5) is 10.6. The molecule has 0 aliphatic rings. The second-order valence-electron chi connectivity index (χ2n) is 3.14. The van der Waals surface area contributed by atoms with Gasteiger partial charge >= 0.3 is 5.97 Å². The van der Waals surface area contributed by atoms with Crippen molar-refractivity contribution >= 4 is 5.97 Å². The lowest BCUT2D eigenvalue weighted by Gasteiger charge is -2.01. The predicted molar refractivity (Wildman–Crippen MR) is 51.9 cm³/mol. The van der Waals surface area contributed by atoms with Gasteiger partial charge in [-0.3, -0.25) is 0 Å². The van der Waals surface area contributed by atoms with Crippen molar-refractivity contribution in [1.82, 2.24) is 0 Å². The molecule has 0 spiro atoms. The number of allylic oxidation sites excluding steroid dienone is 1. The van der Waals surface area contributed by atoms with Crippen molar-refractivity contribution in [3.63, 3.8) is 0 Å². The molecule has 0 aromatic heterocycles. The SMILES string of the molecule is C=C(C)Cc1cccc(C(=O)O)c1. The second-order valence-corrected chi connectivity index (χ2v) is 3.14. The van der Waals surface area contributed by atoms with E-state index in [1.54, 1.807) is 18.2 Å². The molecular weight excluding hydrogens is 164 g/mol. The minimum Gasteiger partial charge on any atom is -0.478 e. The van der Waals surface area contributed by atoms with E-state index in [2.05, 4.69) is 6.58 Å². The molecule has 0 aliphatic carbocycles. The van der Waals surface area contributed by atoms with E-state index in [-0.39, 0.29) is 0 Å². The van der Waals surface area contributed by atoms with Gasteiger partial charge in [0.1, 0.15) is 0 Å². The average Bonchev–Trinajstić information content (AvgIpc) is 2.03. The molecule has 1 rings (SSSR count). The standard InChI is InChI=1S/C11H12O2/c1-8(2)6-9-4-3-5-10(7-9)11(12)13/h3-5,7H,1,6H2,2H3,(H,12,13). The quantitative estimate of drug-likeness (QED) is 0.718. The van der Waals surface area contributed by atoms with Gasteiger partial charge in [0, 0.05) is 0 Å². The van der Waals surface area contributed by atoms with Crippen molar-refractivity contribution in [3.05, 3.63) is 47.5 Å². The van der Waals surface area contributed by atoms with Gasteiger partial charge in [-0.1, -0.05) is 24.3 Å². The maximum Gasteiger partial charge on any atom is 0.335 e. The smallest absolute Gasteiger partial charge is 0.335 e. The van der Waals surface area contributed by atoms with E-state index in [4.69, 9.17) is 5.11 Å². The summed E-state index contributed by atoms with van der Waals surface area (Å²) in [5.41, 5.74) is 2.36. The van der Waals surface area contributed by atoms with Crippen LogP contribution in [0.25, 0.3) is 0 Å². The summed E-state index contributed by atoms with van der Waals surface area (Å²) in [5.74, 6) is -0.886. The van der Waals surface area contributed by atoms with Crippen LogP contribution in [0.15, 0.2) is 36.4 Å². The third-order valence-electron chi connectivity index (χ3n) is 1.68. The summed E-state index contributed by atoms with van der Waals surface area (Å²) in [5, 5.41) is 8.72. The summed E-state index contributed by atoms with van der Waals surface area (Å²) in [7, 11) is 0. The van der Waals surface area contributed by atoms with Gasteiger partial charge in [0.05, 0.1) is 5.56 Å². The van der Waals surface area contributed by atoms with E-state index in [0.717, 1.165) is 17.6 Å². The molecule has 0 radical (unpaired) electrons. The topological polar surface area (TPSA) is 37.3 Å². The van der Waals surface area contributed by atoms with Crippen molar-refractivity contribution in [1.29, 1.82) is 0 Å². The zero-order valence-corrected chi connectivity index (χ0v) is 7.58. The van der Waals surface area contributed by atoms with Gasteiger partial charge in [-0.05, 0) is 31.0 Å². The first-order valence-electron chi connectivity index (χ1n) is 4.06. The lowest BCUT2D eigenvalue weighted by Crippen LogP contribution is -1.97. The minimum absolute atomic E-state index is 0.332. The highest BCUT2D eigenvalue weighted by Crippen LogP contribution is 2.09. The highest BCUT2D eigenvalue weighted by molar-refractivity contribution is 5.87. The summed E-state index contributed by atoms with van der Waals surface area (Å²) < 4.78 is 0. The highest BCUT2D eigenvalue weighted by Gasteiger charge is 2.02. The van der Waals surface area contributed by atoms with Crippen molar-refractivity contribution in [2.75, 3.05) is 0 Å². The minimum atomic E-state index is -0.886. The number of hydrogen-bond acceptors (Lipinski definition) is 1. The molecular formula is C11H12O2. The molecule has 0 amide bonds. The molecule has 2 nitrogen and oxygen atoms in total. The molecule has 1 aromatic carbocycles. The Morgan fingerprint density at radius 3 is 2.77 bits per heavy atom. The van der Waals surface area contributed by atoms with Crippen LogP contribution < -0.4 is 0 Å². The molecule has 1 N–H and O–H groups in total. The summed E-state index contributed by atoms with van der Waals surface area (Å²) in [6, 6.07) is 6.92. The molecule has 68 valence electrons. The number of benzene rings is 1. The molecule has 0 heterocycles. The maximum absolute atomic E-state index is 10.6. The fourth-order valence-electron chi connectivity index (χ4n) is 1.16. The Kier molecular flexibility index (Phi) is 2.85. The largest absolute Gasteiger partial charge is 0.478 e. The van der Waals surface area contributed by atoms with Crippen LogP contribution in [0.2, 0.25) is 0 Å². The molecule has 0 fully saturated rings. The van der Waals surface area contributed by atoms with E-state index in [1.807, 2.05) is 13.0 Å². The van der Waals surface area contributed by atoms with Gasteiger partial charge in [0.15, 0.2) is 0 Å². The van der Waals surface area contributed by atoms with E-state index in [9.17, 15) is 4.79 Å². The van der Waals surface area contributed by atoms with Crippen molar-refractivity contribution < 1.29 is 9.90 Å². The number of aromatic carboxylic acids is 1. The highest BCUT2D eigenvalue weighted by atomic mass is 16.4. The molecule has 0 bridgehead atoms. The first-order chi connectivity index (χ1) is 6.09. The van der Waals surface area contributed by atoms with Crippen LogP contribution in [-0.4, -0.2) is 11.1 Å². The van der Waals surface area contributed by atoms with Gasteiger partial charge in [0.2, 0.25) is 0 Å². The zero-order valence-electron chi connectivity index (χ0n) is 7.58. The Bertz CT molecular complexity index is 340. The lowest BCUT2D eigenvalue weighted by molar-refractivity contribution is 0.0697. The first-order valence-corrected chi connectivity index (χ1v) is 4.06. The van der Waals surface area contributed by atoms with Gasteiger partial charge in [-0.2, -0.15) is 0 Å². The number of hydrogen-bond donors (Lipinski definition) is 1. The van der Waals surface area contributed by atoms with Crippen molar-refractivity contribution in [2.45, 2.75) is 13.3 Å². The van der Waals surface area contributed by atoms with E-state index >= 15 is 0 Å². The molecule has 0 saturated heterocycles. The molecule has 0 atom stereocenters. The molecule has 0 aliphatic heterocycles. The number of carboxylic acid groups (broad SMARTS) is 1. The van der Waals surface area contributed by atoms with Crippen LogP contribution in [-0.2, 0) is 6.42 Å². The Labute approximate surface area is 77.5 Å². The third-order valence-corrected chi connectivity index (χ3v) is 1.68. The predicted octanol–water partition coefficient (Wildman–Crippen LogP) is 2.50. The van der Waals surface area contributed by atoms with Crippen molar-refractivity contribution in [2.24, 2.45) is 0 Å². The fourth-order valence-corrected chi connectivity index (χ4v) is 1.16. The van der Waals surface area contributed by atoms with E-state index in [0.29, 0.717) is 5.56 Å². The van der Waals surface area contributed by atoms with Gasteiger partial charge in [0.25, 0.3) is 0 Å². The van der Waals surface area contributed by atoms with Crippen LogP contribution in [0, 0.1) is 0 Å². The Hall–Kier alpha value is -1.57. The summed E-state index contributed by atoms with van der Waals surface area (Å²) in [6.45, 7) is 5.70. The van der Waals surface area contributed by atoms with Gasteiger partial charge in [-0.25, -0.2) is 4.79 Å². The number of carboxylic acids is 1. The monoisotopic (exact) mass is 176 g/mol. The second kappa shape index (κ2) is 3.90. The van der Waals surface area contributed by atoms with Gasteiger partial charge in [-0.15, -0.1) is 0 Å². The fraction of sp³-hybridized carbons (Fsp3) is 0.182. The first kappa shape index (κ1) is 9.52. The van der Waals surface area contributed by atoms with Crippen LogP contribution >= 0.6 is 0 Å². The molecule has 0 unspecified atom stereocenters. The number of rotatable bonds is 3. The van der Waals surface area contributed by atoms with E-state index in [1.165, 1.54) is 0 Å². The number of carbonyl (C=O) groups is 1. The lowest BCUT2D eigenvalue weighted by atomic mass is 10.1. The van der Waals surface area contributed by atoms with Crippen LogP contribution in [0.5, 0.6) is 0 Å². The van der Waals surface area contributed by atoms with Crippen LogP contribution in [0.1, 0.15) is 22.8 Å². The normalized spacial score (nSPS) is 9.62. The third kappa shape index (κ3) is 2.75. The van der Waals surface area contributed by atoms with Gasteiger partial charge < -0.3 is 5.11 Å². The molecule has 1 aromatic rings. The molecule has 13 heavy (non-hydrogen) atoms. The van der Waals surface area contributed by atoms with Crippen LogP contribution in [0.4, 0.5) is 0 Å². The zero-order chi connectivity index (χ0) is 9.84. The van der Waals surface area contributed by atoms with E-state index < -0.39 is 5.97 Å². The van der Waals surface area contributed by atoms with Crippen LogP contribution in [0.3, 0.4) is 0 Å². The summed E-state index contributed by atoms with van der Waals surface area (Å²) >= 11 is 0.